The summed E-state index contributed by atoms with van der Waals surface area (Å²) < 4.78 is 47.0. The first-order valence-electron chi connectivity index (χ1n) is 10.3. The molecule has 0 amide bonds. The third kappa shape index (κ3) is 4.54. The fraction of sp³-hybridized carbons (Fsp3) is 0.292. The number of aryl methyl sites for hydroxylation is 1. The third-order valence-corrected chi connectivity index (χ3v) is 5.71. The molecular formula is C24H23F3N4O2. The van der Waals surface area contributed by atoms with Crippen molar-refractivity contribution >= 4 is 0 Å². The van der Waals surface area contributed by atoms with Crippen LogP contribution in [0.5, 0.6) is 0 Å². The van der Waals surface area contributed by atoms with Gasteiger partial charge in [-0.1, -0.05) is 53.7 Å². The van der Waals surface area contributed by atoms with E-state index in [1.54, 1.807) is 16.8 Å². The number of aliphatic hydroxyl groups excluding tert-OH is 1. The van der Waals surface area contributed by atoms with Crippen LogP contribution in [-0.4, -0.2) is 31.2 Å². The van der Waals surface area contributed by atoms with Crippen LogP contribution in [0.1, 0.15) is 36.2 Å². The van der Waals surface area contributed by atoms with Crippen molar-refractivity contribution in [3.63, 3.8) is 0 Å². The summed E-state index contributed by atoms with van der Waals surface area (Å²) in [5.74, 6) is 0.486. The molecule has 0 saturated heterocycles. The molecule has 0 atom stereocenters. The Morgan fingerprint density at radius 1 is 1.00 bits per heavy atom. The van der Waals surface area contributed by atoms with Gasteiger partial charge in [0.15, 0.2) is 5.69 Å². The highest BCUT2D eigenvalue weighted by Gasteiger charge is 2.48. The van der Waals surface area contributed by atoms with Crippen molar-refractivity contribution in [3.8, 4) is 23.0 Å². The Bertz CT molecular complexity index is 1260. The summed E-state index contributed by atoms with van der Waals surface area (Å²) in [5.41, 5.74) is 1.94. The highest BCUT2D eigenvalue weighted by atomic mass is 19.4. The first-order valence-corrected chi connectivity index (χ1v) is 10.3. The Morgan fingerprint density at radius 2 is 1.70 bits per heavy atom. The molecule has 33 heavy (non-hydrogen) atoms. The van der Waals surface area contributed by atoms with Gasteiger partial charge in [-0.15, -0.1) is 0 Å². The lowest BCUT2D eigenvalue weighted by Gasteiger charge is -2.28. The van der Waals surface area contributed by atoms with Gasteiger partial charge < -0.3 is 9.63 Å². The Hall–Kier alpha value is -3.46. The summed E-state index contributed by atoms with van der Waals surface area (Å²) in [5, 5.41) is 17.8. The fourth-order valence-electron chi connectivity index (χ4n) is 3.42. The van der Waals surface area contributed by atoms with Crippen LogP contribution < -0.4 is 0 Å². The van der Waals surface area contributed by atoms with E-state index >= 15 is 0 Å². The Balaban J connectivity index is 1.55. The van der Waals surface area contributed by atoms with Crippen molar-refractivity contribution in [1.29, 1.82) is 0 Å². The highest BCUT2D eigenvalue weighted by molar-refractivity contribution is 5.58. The van der Waals surface area contributed by atoms with Gasteiger partial charge in [0.05, 0.1) is 18.6 Å². The Morgan fingerprint density at radius 3 is 2.36 bits per heavy atom. The van der Waals surface area contributed by atoms with E-state index in [1.807, 2.05) is 37.3 Å². The molecule has 9 heteroatoms. The van der Waals surface area contributed by atoms with Crippen molar-refractivity contribution in [2.45, 2.75) is 45.5 Å². The highest BCUT2D eigenvalue weighted by Crippen LogP contribution is 2.40. The van der Waals surface area contributed by atoms with Gasteiger partial charge in [0.25, 0.3) is 5.89 Å². The van der Waals surface area contributed by atoms with Crippen LogP contribution in [0.25, 0.3) is 23.0 Å². The lowest BCUT2D eigenvalue weighted by molar-refractivity contribution is -0.180. The van der Waals surface area contributed by atoms with Crippen molar-refractivity contribution in [2.24, 2.45) is 0 Å². The molecular weight excluding hydrogens is 433 g/mol. The van der Waals surface area contributed by atoms with Crippen molar-refractivity contribution in [2.75, 3.05) is 0 Å². The lowest BCUT2D eigenvalue weighted by Crippen LogP contribution is -2.36. The molecule has 4 aromatic rings. The summed E-state index contributed by atoms with van der Waals surface area (Å²) in [7, 11) is 0. The molecule has 0 saturated carbocycles. The second-order valence-corrected chi connectivity index (χ2v) is 8.43. The summed E-state index contributed by atoms with van der Waals surface area (Å²) >= 11 is 0. The molecule has 0 bridgehead atoms. The van der Waals surface area contributed by atoms with Crippen molar-refractivity contribution < 1.29 is 22.8 Å². The minimum absolute atomic E-state index is 0.0311. The first kappa shape index (κ1) is 22.7. The zero-order chi connectivity index (χ0) is 23.8. The minimum Gasteiger partial charge on any atom is -0.392 e. The van der Waals surface area contributed by atoms with E-state index in [-0.39, 0.29) is 23.9 Å². The number of aromatic nitrogens is 4. The second kappa shape index (κ2) is 8.47. The standard InChI is InChI=1S/C24H23F3N4O2/c1-15-11-20(29-31(15)13-16-5-4-6-17(12-16)14-32)22-28-21(30-33-22)18-7-9-19(10-8-18)23(2,3)24(25,26)27/h4-12,32H,13-14H2,1-3H3. The lowest BCUT2D eigenvalue weighted by atomic mass is 9.83. The van der Waals surface area contributed by atoms with Crippen LogP contribution in [-0.2, 0) is 18.6 Å². The maximum Gasteiger partial charge on any atom is 0.397 e. The van der Waals surface area contributed by atoms with Gasteiger partial charge in [-0.3, -0.25) is 4.68 Å². The van der Waals surface area contributed by atoms with E-state index in [1.165, 1.54) is 12.1 Å². The van der Waals surface area contributed by atoms with Crippen LogP contribution in [0.3, 0.4) is 0 Å². The molecule has 172 valence electrons. The van der Waals surface area contributed by atoms with Gasteiger partial charge in [0.1, 0.15) is 0 Å². The average Bonchev–Trinajstić information content (AvgIpc) is 3.40. The molecule has 2 heterocycles. The predicted octanol–water partition coefficient (Wildman–Crippen LogP) is 5.29. The summed E-state index contributed by atoms with van der Waals surface area (Å²) in [6.45, 7) is 4.68. The molecule has 0 unspecified atom stereocenters. The molecule has 6 nitrogen and oxygen atoms in total. The molecule has 0 aliphatic rings. The number of aliphatic hydroxyl groups is 1. The normalized spacial score (nSPS) is 12.3. The van der Waals surface area contributed by atoms with Gasteiger partial charge in [-0.25, -0.2) is 0 Å². The first-order chi connectivity index (χ1) is 15.6. The molecule has 2 aromatic heterocycles. The number of nitrogens with zero attached hydrogens (tertiary/aromatic N) is 4. The quantitative estimate of drug-likeness (QED) is 0.427. The zero-order valence-electron chi connectivity index (χ0n) is 18.4. The van der Waals surface area contributed by atoms with Gasteiger partial charge in [0.2, 0.25) is 5.82 Å². The van der Waals surface area contributed by atoms with Gasteiger partial charge in [-0.2, -0.15) is 23.3 Å². The molecule has 0 aliphatic carbocycles. The van der Waals surface area contributed by atoms with E-state index in [0.717, 1.165) is 30.7 Å². The molecule has 2 aromatic carbocycles. The van der Waals surface area contributed by atoms with E-state index in [9.17, 15) is 18.3 Å². The van der Waals surface area contributed by atoms with Crippen LogP contribution in [0, 0.1) is 6.92 Å². The maximum atomic E-state index is 13.3. The molecule has 4 rings (SSSR count). The summed E-state index contributed by atoms with van der Waals surface area (Å²) in [4.78, 5) is 4.37. The number of alkyl halides is 3. The molecule has 0 radical (unpaired) electrons. The monoisotopic (exact) mass is 456 g/mol. The van der Waals surface area contributed by atoms with E-state index < -0.39 is 11.6 Å². The number of halogens is 3. The van der Waals surface area contributed by atoms with Crippen molar-refractivity contribution in [3.05, 3.63) is 77.0 Å². The number of rotatable bonds is 6. The minimum atomic E-state index is -4.36. The third-order valence-electron chi connectivity index (χ3n) is 5.71. The second-order valence-electron chi connectivity index (χ2n) is 8.43. The number of hydrogen-bond donors (Lipinski definition) is 1. The fourth-order valence-corrected chi connectivity index (χ4v) is 3.42. The largest absolute Gasteiger partial charge is 0.397 e. The summed E-state index contributed by atoms with van der Waals surface area (Å²) in [6, 6.07) is 15.4. The van der Waals surface area contributed by atoms with Crippen LogP contribution in [0.4, 0.5) is 13.2 Å². The van der Waals surface area contributed by atoms with Crippen LogP contribution >= 0.6 is 0 Å². The zero-order valence-corrected chi connectivity index (χ0v) is 18.4. The van der Waals surface area contributed by atoms with Gasteiger partial charge >= 0.3 is 6.18 Å². The Kier molecular flexibility index (Phi) is 5.84. The number of hydrogen-bond acceptors (Lipinski definition) is 5. The van der Waals surface area contributed by atoms with E-state index in [4.69, 9.17) is 4.52 Å². The Labute approximate surface area is 188 Å². The molecule has 0 spiro atoms. The topological polar surface area (TPSA) is 77.0 Å². The molecule has 1 N–H and O–H groups in total. The number of benzene rings is 2. The molecule has 0 aliphatic heterocycles. The van der Waals surface area contributed by atoms with E-state index in [0.29, 0.717) is 17.8 Å². The summed E-state index contributed by atoms with van der Waals surface area (Å²) in [6.07, 6.45) is -4.36. The van der Waals surface area contributed by atoms with Gasteiger partial charge in [0, 0.05) is 11.3 Å². The van der Waals surface area contributed by atoms with Gasteiger partial charge in [-0.05, 0) is 43.5 Å². The van der Waals surface area contributed by atoms with E-state index in [2.05, 4.69) is 15.2 Å². The smallest absolute Gasteiger partial charge is 0.392 e. The molecule has 0 fully saturated rings. The van der Waals surface area contributed by atoms with Crippen molar-refractivity contribution in [1.82, 2.24) is 19.9 Å². The average molecular weight is 456 g/mol. The van der Waals surface area contributed by atoms with Crippen LogP contribution in [0.15, 0.2) is 59.1 Å². The predicted molar refractivity (Wildman–Crippen MR) is 116 cm³/mol. The van der Waals surface area contributed by atoms with Crippen LogP contribution in [0.2, 0.25) is 0 Å². The maximum absolute atomic E-state index is 13.3. The SMILES string of the molecule is Cc1cc(-c2nc(-c3ccc(C(C)(C)C(F)(F)F)cc3)no2)nn1Cc1cccc(CO)c1.